The first-order chi connectivity index (χ1) is 7.61. The van der Waals surface area contributed by atoms with Gasteiger partial charge in [-0.2, -0.15) is 8.78 Å². The molecule has 2 N–H and O–H groups in total. The number of hydrogen-bond donors (Lipinski definition) is 1. The van der Waals surface area contributed by atoms with Crippen LogP contribution in [0.1, 0.15) is 17.9 Å². The fraction of sp³-hybridized carbons (Fsp3) is 0.455. The summed E-state index contributed by atoms with van der Waals surface area (Å²) in [4.78, 5) is 0. The number of hydrogen-bond acceptors (Lipinski definition) is 2. The largest absolute Gasteiger partial charge is 0.433 e. The highest BCUT2D eigenvalue weighted by atomic mass is 35.5. The monoisotopic (exact) mass is 247 g/mol. The van der Waals surface area contributed by atoms with Crippen molar-refractivity contribution in [1.82, 2.24) is 0 Å². The van der Waals surface area contributed by atoms with Crippen molar-refractivity contribution in [2.75, 3.05) is 6.54 Å². The molecule has 1 fully saturated rings. The van der Waals surface area contributed by atoms with Crippen molar-refractivity contribution in [3.8, 4) is 5.75 Å². The van der Waals surface area contributed by atoms with Gasteiger partial charge in [-0.3, -0.25) is 0 Å². The van der Waals surface area contributed by atoms with Gasteiger partial charge in [-0.1, -0.05) is 17.7 Å². The third-order valence-corrected chi connectivity index (χ3v) is 3.12. The van der Waals surface area contributed by atoms with Gasteiger partial charge in [-0.25, -0.2) is 0 Å². The molecule has 16 heavy (non-hydrogen) atoms. The quantitative estimate of drug-likeness (QED) is 0.888. The lowest BCUT2D eigenvalue weighted by molar-refractivity contribution is -0.0497. The maximum absolute atomic E-state index is 12.0. The van der Waals surface area contributed by atoms with E-state index in [1.54, 1.807) is 12.1 Å². The van der Waals surface area contributed by atoms with E-state index < -0.39 is 6.61 Å². The molecule has 1 aliphatic rings. The summed E-state index contributed by atoms with van der Waals surface area (Å²) in [5.41, 5.74) is 6.58. The molecule has 88 valence electrons. The molecule has 5 heteroatoms. The average molecular weight is 248 g/mol. The number of alkyl halides is 2. The van der Waals surface area contributed by atoms with E-state index in [9.17, 15) is 8.78 Å². The third-order valence-electron chi connectivity index (χ3n) is 2.83. The minimum absolute atomic E-state index is 0.0189. The molecule has 1 saturated carbocycles. The molecule has 0 aliphatic heterocycles. The summed E-state index contributed by atoms with van der Waals surface area (Å²) in [7, 11) is 0. The highest BCUT2D eigenvalue weighted by molar-refractivity contribution is 6.32. The van der Waals surface area contributed by atoms with E-state index in [-0.39, 0.29) is 10.8 Å². The topological polar surface area (TPSA) is 35.2 Å². The summed E-state index contributed by atoms with van der Waals surface area (Å²) in [6, 6.07) is 4.93. The first kappa shape index (κ1) is 11.6. The van der Waals surface area contributed by atoms with Crippen LogP contribution >= 0.6 is 11.6 Å². The van der Waals surface area contributed by atoms with Gasteiger partial charge in [0, 0.05) is 0 Å². The second-order valence-electron chi connectivity index (χ2n) is 3.91. The van der Waals surface area contributed by atoms with Crippen LogP contribution in [0.3, 0.4) is 0 Å². The molecule has 0 saturated heterocycles. The van der Waals surface area contributed by atoms with E-state index >= 15 is 0 Å². The Labute approximate surface area is 97.3 Å². The van der Waals surface area contributed by atoms with Crippen LogP contribution in [0.2, 0.25) is 5.02 Å². The molecule has 1 aromatic carbocycles. The zero-order valence-electron chi connectivity index (χ0n) is 8.50. The minimum atomic E-state index is -2.85. The highest BCUT2D eigenvalue weighted by Gasteiger charge is 2.37. The fourth-order valence-corrected chi connectivity index (χ4v) is 2.09. The lowest BCUT2D eigenvalue weighted by atomic mass is 10.1. The maximum atomic E-state index is 12.0. The number of rotatable bonds is 4. The van der Waals surface area contributed by atoms with Crippen LogP contribution in [0, 0.1) is 5.92 Å². The maximum Gasteiger partial charge on any atom is 0.387 e. The van der Waals surface area contributed by atoms with Crippen molar-refractivity contribution in [3.63, 3.8) is 0 Å². The standard InChI is InChI=1S/C11H12ClF2NO/c12-9-4-6(8-3-7(8)5-15)1-2-10(9)16-11(13)14/h1-2,4,7-8,11H,3,5,15H2. The van der Waals surface area contributed by atoms with Crippen molar-refractivity contribution in [2.45, 2.75) is 19.0 Å². The van der Waals surface area contributed by atoms with Gasteiger partial charge in [0.15, 0.2) is 0 Å². The summed E-state index contributed by atoms with van der Waals surface area (Å²) in [5, 5.41) is 0.223. The van der Waals surface area contributed by atoms with Crippen LogP contribution in [0.5, 0.6) is 5.75 Å². The van der Waals surface area contributed by atoms with Crippen molar-refractivity contribution in [1.29, 1.82) is 0 Å². The molecule has 1 aliphatic carbocycles. The molecular weight excluding hydrogens is 236 g/mol. The van der Waals surface area contributed by atoms with Crippen LogP contribution in [0.15, 0.2) is 18.2 Å². The Morgan fingerprint density at radius 3 is 2.75 bits per heavy atom. The number of nitrogens with two attached hydrogens (primary N) is 1. The van der Waals surface area contributed by atoms with Crippen LogP contribution < -0.4 is 10.5 Å². The SMILES string of the molecule is NCC1CC1c1ccc(OC(F)F)c(Cl)c1. The van der Waals surface area contributed by atoms with Crippen LogP contribution in [-0.4, -0.2) is 13.2 Å². The first-order valence-corrected chi connectivity index (χ1v) is 5.44. The Morgan fingerprint density at radius 1 is 1.50 bits per heavy atom. The Kier molecular flexibility index (Phi) is 3.30. The number of ether oxygens (including phenoxy) is 1. The van der Waals surface area contributed by atoms with Crippen LogP contribution in [-0.2, 0) is 0 Å². The molecule has 0 spiro atoms. The summed E-state index contributed by atoms with van der Waals surface area (Å²) in [5.74, 6) is 0.936. The summed E-state index contributed by atoms with van der Waals surface area (Å²) in [6.45, 7) is -2.20. The Morgan fingerprint density at radius 2 is 2.25 bits per heavy atom. The van der Waals surface area contributed by atoms with E-state index in [1.807, 2.05) is 0 Å². The van der Waals surface area contributed by atoms with E-state index in [2.05, 4.69) is 4.74 Å². The van der Waals surface area contributed by atoms with Crippen LogP contribution in [0.4, 0.5) is 8.78 Å². The predicted octanol–water partition coefficient (Wildman–Crippen LogP) is 3.00. The first-order valence-electron chi connectivity index (χ1n) is 5.06. The van der Waals surface area contributed by atoms with Gasteiger partial charge in [0.25, 0.3) is 0 Å². The van der Waals surface area contributed by atoms with Gasteiger partial charge < -0.3 is 10.5 Å². The van der Waals surface area contributed by atoms with Crippen molar-refractivity contribution < 1.29 is 13.5 Å². The fourth-order valence-electron chi connectivity index (χ4n) is 1.86. The second kappa shape index (κ2) is 4.55. The van der Waals surface area contributed by atoms with Crippen LogP contribution in [0.25, 0.3) is 0 Å². The average Bonchev–Trinajstić information content (AvgIpc) is 2.99. The molecule has 2 atom stereocenters. The Hall–Kier alpha value is -0.870. The molecule has 0 bridgehead atoms. The zero-order valence-corrected chi connectivity index (χ0v) is 9.25. The zero-order chi connectivity index (χ0) is 11.7. The predicted molar refractivity (Wildman–Crippen MR) is 58.0 cm³/mol. The van der Waals surface area contributed by atoms with Crippen molar-refractivity contribution >= 4 is 11.6 Å². The molecule has 0 heterocycles. The van der Waals surface area contributed by atoms with Gasteiger partial charge >= 0.3 is 6.61 Å². The molecular formula is C11H12ClF2NO. The number of halogens is 3. The molecule has 2 nitrogen and oxygen atoms in total. The Bertz CT molecular complexity index is 386. The smallest absolute Gasteiger partial charge is 0.387 e. The second-order valence-corrected chi connectivity index (χ2v) is 4.31. The number of benzene rings is 1. The lowest BCUT2D eigenvalue weighted by Crippen LogP contribution is -2.03. The normalized spacial score (nSPS) is 23.6. The highest BCUT2D eigenvalue weighted by Crippen LogP contribution is 2.47. The van der Waals surface area contributed by atoms with E-state index in [0.717, 1.165) is 12.0 Å². The van der Waals surface area contributed by atoms with Gasteiger partial charge in [-0.15, -0.1) is 0 Å². The van der Waals surface area contributed by atoms with Gasteiger partial charge in [0.2, 0.25) is 0 Å². The van der Waals surface area contributed by atoms with E-state index in [0.29, 0.717) is 18.4 Å². The summed E-state index contributed by atoms with van der Waals surface area (Å²) >= 11 is 5.85. The minimum Gasteiger partial charge on any atom is -0.433 e. The lowest BCUT2D eigenvalue weighted by Gasteiger charge is -2.08. The molecule has 2 unspecified atom stereocenters. The van der Waals surface area contributed by atoms with Crippen molar-refractivity contribution in [2.24, 2.45) is 11.7 Å². The molecule has 0 amide bonds. The van der Waals surface area contributed by atoms with Gasteiger partial charge in [0.1, 0.15) is 5.75 Å². The summed E-state index contributed by atoms with van der Waals surface area (Å²) < 4.78 is 28.2. The molecule has 2 rings (SSSR count). The third kappa shape index (κ3) is 2.44. The molecule has 0 radical (unpaired) electrons. The van der Waals surface area contributed by atoms with Gasteiger partial charge in [0.05, 0.1) is 5.02 Å². The summed E-state index contributed by atoms with van der Waals surface area (Å²) in [6.07, 6.45) is 1.04. The Balaban J connectivity index is 2.11. The van der Waals surface area contributed by atoms with Crippen molar-refractivity contribution in [3.05, 3.63) is 28.8 Å². The molecule has 1 aromatic rings. The molecule has 0 aromatic heterocycles. The van der Waals surface area contributed by atoms with E-state index in [4.69, 9.17) is 17.3 Å². The van der Waals surface area contributed by atoms with Gasteiger partial charge in [-0.05, 0) is 42.5 Å². The van der Waals surface area contributed by atoms with E-state index in [1.165, 1.54) is 6.07 Å².